The van der Waals surface area contributed by atoms with E-state index in [2.05, 4.69) is 75.6 Å². The molecule has 1 saturated heterocycles. The highest BCUT2D eigenvalue weighted by Crippen LogP contribution is 2.50. The Morgan fingerprint density at radius 3 is 2.14 bits per heavy atom. The smallest absolute Gasteiger partial charge is 0.430 e. The highest BCUT2D eigenvalue weighted by Gasteiger charge is 2.36. The minimum absolute atomic E-state index is 0.00264. The molecule has 7 aromatic carbocycles. The number of benzene rings is 7. The molecule has 8 N–H and O–H groups in total. The number of quaternary nitrogens is 1. The van der Waals surface area contributed by atoms with Crippen molar-refractivity contribution < 1.29 is 99.0 Å². The number of methoxy groups -OCH3 is 1. The number of likely N-dealkylation sites (N-methyl/N-ethyl adjacent to an activating group) is 1. The van der Waals surface area contributed by atoms with Gasteiger partial charge >= 0.3 is 30.4 Å². The van der Waals surface area contributed by atoms with Crippen molar-refractivity contribution in [1.82, 2.24) is 51.0 Å². The Kier molecular flexibility index (Phi) is 32.3. The number of nitrogens with two attached hydrogens (primary N) is 1. The van der Waals surface area contributed by atoms with Crippen LogP contribution in [0.2, 0.25) is 5.02 Å². The van der Waals surface area contributed by atoms with Gasteiger partial charge in [0.25, 0.3) is 0 Å². The summed E-state index contributed by atoms with van der Waals surface area (Å²) in [4.78, 5) is 128. The van der Waals surface area contributed by atoms with Crippen molar-refractivity contribution in [3.8, 4) is 67.2 Å². The number of amides is 7. The number of hydrogen-bond donors (Lipinski definition) is 7. The molecule has 0 spiro atoms. The molecule has 0 unspecified atom stereocenters. The van der Waals surface area contributed by atoms with Crippen LogP contribution in [0.1, 0.15) is 71.7 Å². The number of ether oxygens (including phenoxy) is 6. The van der Waals surface area contributed by atoms with Gasteiger partial charge in [0.15, 0.2) is 5.82 Å². The number of thiophene rings is 1. The summed E-state index contributed by atoms with van der Waals surface area (Å²) in [5, 5.41) is 36.9. The first-order valence-corrected chi connectivity index (χ1v) is 41.5. The number of alkyl halides is 3. The van der Waals surface area contributed by atoms with Gasteiger partial charge < -0.3 is 85.1 Å². The number of aliphatic carboxylic acids is 2. The minimum atomic E-state index is -5.19. The molecule has 38 heteroatoms. The van der Waals surface area contributed by atoms with Crippen molar-refractivity contribution in [3.05, 3.63) is 231 Å². The highest BCUT2D eigenvalue weighted by molar-refractivity contribution is 7.22. The number of carboxylic acid groups (broad SMARTS) is 2. The lowest BCUT2D eigenvalue weighted by Gasteiger charge is -2.42. The van der Waals surface area contributed by atoms with Crippen LogP contribution in [-0.4, -0.2) is 205 Å². The molecule has 127 heavy (non-hydrogen) atoms. The number of rotatable bonds is 37. The summed E-state index contributed by atoms with van der Waals surface area (Å²) in [6.07, 6.45) is -5.12. The number of carbonyl (C=O) groups is 8. The van der Waals surface area contributed by atoms with Crippen LogP contribution in [0.25, 0.3) is 64.7 Å². The Morgan fingerprint density at radius 2 is 1.47 bits per heavy atom. The number of aromatic nitrogens is 4. The molecular formula is C89H93ClF4N16O16S. The van der Waals surface area contributed by atoms with Crippen LogP contribution in [0, 0.1) is 18.7 Å². The number of alkyl carbamates (subject to hydrolysis) is 1. The number of hydrogen-bond acceptors (Lipinski definition) is 22. The average molecular weight is 1790 g/mol. The van der Waals surface area contributed by atoms with Crippen LogP contribution in [0.3, 0.4) is 0 Å². The molecule has 0 radical (unpaired) electrons. The second-order valence-electron chi connectivity index (χ2n) is 30.4. The van der Waals surface area contributed by atoms with Crippen molar-refractivity contribution in [2.75, 3.05) is 98.7 Å². The zero-order chi connectivity index (χ0) is 91.1. The maximum absolute atomic E-state index is 14.6. The molecule has 2 aliphatic rings. The van der Waals surface area contributed by atoms with E-state index in [0.717, 1.165) is 40.9 Å². The summed E-state index contributed by atoms with van der Waals surface area (Å²) >= 11 is 8.65. The lowest BCUT2D eigenvalue weighted by atomic mass is 9.96. The van der Waals surface area contributed by atoms with E-state index in [-0.39, 0.29) is 77.1 Å². The van der Waals surface area contributed by atoms with Crippen molar-refractivity contribution in [2.24, 2.45) is 16.8 Å². The fourth-order valence-electron chi connectivity index (χ4n) is 14.6. The molecule has 0 bridgehead atoms. The maximum atomic E-state index is 14.6. The van der Waals surface area contributed by atoms with Crippen LogP contribution in [0.4, 0.5) is 37.6 Å². The van der Waals surface area contributed by atoms with E-state index in [0.29, 0.717) is 124 Å². The third-order valence-electron chi connectivity index (χ3n) is 21.2. The van der Waals surface area contributed by atoms with E-state index in [1.54, 1.807) is 94.9 Å². The van der Waals surface area contributed by atoms with Gasteiger partial charge in [-0.15, -0.1) is 11.3 Å². The number of fused-ring (bicyclic) bond motifs is 4. The highest BCUT2D eigenvalue weighted by atomic mass is 35.5. The molecule has 32 nitrogen and oxygen atoms in total. The Hall–Kier alpha value is -13.7. The third kappa shape index (κ3) is 25.1. The molecule has 0 saturated carbocycles. The molecule has 666 valence electrons. The molecule has 1 aliphatic heterocycles. The molecule has 3 aromatic heterocycles. The van der Waals surface area contributed by atoms with Gasteiger partial charge in [-0.2, -0.15) is 13.2 Å². The first-order chi connectivity index (χ1) is 60.9. The van der Waals surface area contributed by atoms with E-state index in [9.17, 15) is 56.2 Å². The number of primary amides is 1. The fourth-order valence-corrected chi connectivity index (χ4v) is 15.9. The summed E-state index contributed by atoms with van der Waals surface area (Å²) < 4.78 is 82.7. The van der Waals surface area contributed by atoms with E-state index in [1.165, 1.54) is 34.7 Å². The lowest BCUT2D eigenvalue weighted by molar-refractivity contribution is -0.926. The predicted molar refractivity (Wildman–Crippen MR) is 462 cm³/mol. The van der Waals surface area contributed by atoms with Crippen molar-refractivity contribution in [2.45, 2.75) is 90.0 Å². The van der Waals surface area contributed by atoms with Crippen LogP contribution >= 0.6 is 22.9 Å². The summed E-state index contributed by atoms with van der Waals surface area (Å²) in [6, 6.07) is 44.4. The van der Waals surface area contributed by atoms with Crippen molar-refractivity contribution >= 4 is 86.7 Å². The number of para-hydroxylation sites is 2. The molecule has 4 heterocycles. The Bertz CT molecular complexity index is 5640. The topological polar surface area (TPSA) is 428 Å². The quantitative estimate of drug-likeness (QED) is 0.00475. The number of carbonyl (C=O) groups excluding carboxylic acids is 7. The lowest BCUT2D eigenvalue weighted by Crippen LogP contribution is -2.57. The zero-order valence-electron chi connectivity index (χ0n) is 70.0. The molecule has 12 rings (SSSR count). The second kappa shape index (κ2) is 43.7. The number of urea groups is 1. The summed E-state index contributed by atoms with van der Waals surface area (Å²) in [5.74, 6) is -5.52. The van der Waals surface area contributed by atoms with Crippen LogP contribution in [-0.2, 0) is 59.6 Å². The number of nitrogens with one attached hydrogen (secondary N) is 5. The van der Waals surface area contributed by atoms with Gasteiger partial charge in [-0.05, 0) is 136 Å². The number of carboxylic acids is 2. The first-order valence-electron chi connectivity index (χ1n) is 40.3. The molecule has 1 aliphatic carbocycles. The molecular weight excluding hydrogens is 1690 g/mol. The average Bonchev–Trinajstić information content (AvgIpc) is 1.68. The Labute approximate surface area is 736 Å². The summed E-state index contributed by atoms with van der Waals surface area (Å²) in [5.41, 5.74) is 24.5. The van der Waals surface area contributed by atoms with E-state index in [1.807, 2.05) is 79.7 Å². The Balaban J connectivity index is 0.00000214. The SMILES string of the molecule is COc1ccccc1-c1nccc(COc2ccccc2C[C@@H](Oc2ncnc3sc(-c4ccc(F)cc4)c(-c4ccc(OCCN5CC[N+](C)(Cc6ccc(NC(=O)[C@H](CCCNC(N)=O)NC(=O)[C@@H](NC(=O)CNC(=O)OCCN=[N+]=[N-])C(C)C)cc6CN(C)C(=O)OCC6c7ccccc7-c7ccccc76)CC5)c(Cl)c4C)c23)C(=O)O)n1.O=C([O-])C(F)(F)F. The molecule has 3 atom stereocenters. The van der Waals surface area contributed by atoms with E-state index >= 15 is 0 Å². The number of azide groups is 1. The number of anilines is 1. The monoisotopic (exact) mass is 1780 g/mol. The van der Waals surface area contributed by atoms with Crippen molar-refractivity contribution in [3.63, 3.8) is 0 Å². The van der Waals surface area contributed by atoms with Gasteiger partial charge in [-0.1, -0.05) is 134 Å². The predicted octanol–water partition coefficient (Wildman–Crippen LogP) is 12.3. The van der Waals surface area contributed by atoms with Crippen LogP contribution in [0.15, 0.2) is 175 Å². The van der Waals surface area contributed by atoms with Gasteiger partial charge in [0.2, 0.25) is 29.7 Å². The van der Waals surface area contributed by atoms with Crippen LogP contribution < -0.4 is 56.4 Å². The first kappa shape index (κ1) is 93.9. The van der Waals surface area contributed by atoms with Gasteiger partial charge in [-0.3, -0.25) is 19.3 Å². The number of piperazine rings is 1. The molecule has 7 amide bonds. The van der Waals surface area contributed by atoms with Gasteiger partial charge in [-0.25, -0.2) is 43.5 Å². The Morgan fingerprint density at radius 1 is 0.795 bits per heavy atom. The van der Waals surface area contributed by atoms with E-state index < -0.39 is 90.5 Å². The van der Waals surface area contributed by atoms with Gasteiger partial charge in [0.05, 0.1) is 62.1 Å². The summed E-state index contributed by atoms with van der Waals surface area (Å²) in [7, 11) is 5.40. The number of nitrogens with zero attached hydrogens (tertiary/aromatic N) is 10. The maximum Gasteiger partial charge on any atom is 0.430 e. The largest absolute Gasteiger partial charge is 0.542 e. The van der Waals surface area contributed by atoms with E-state index in [4.69, 9.17) is 66.2 Å². The second-order valence-corrected chi connectivity index (χ2v) is 31.8. The summed E-state index contributed by atoms with van der Waals surface area (Å²) in [6.45, 7) is 8.79. The number of halogens is 5. The van der Waals surface area contributed by atoms with Crippen LogP contribution in [0.5, 0.6) is 23.1 Å². The normalized spacial score (nSPS) is 13.4. The fraction of sp³-hybridized carbons (Fsp3) is 0.326. The standard InChI is InChI=1S/C87H92ClFN16O14S.C2HF3O2/c1-52(2)77(101-73(106)46-94-86(112)116-42-36-97-102-91)81(108)100-68(22-15-34-93-85(90)111)80(107)99-59-30-27-56(57(44-59)47-103(4)87(113)118-50-67-64-19-10-8-17-62(64)63-18-9-11-20-65(63)67)48-105(5)40-37-104(38-41-105)39-43-115-71-32-31-61(53(3)76(71)88)74-75-82(95-51-96-83(75)120-78(74)54-25-28-58(89)29-26-54)119-72(84(109)110)45-55-16-7-13-23-69(55)117-49-60-33-35-92-79(98-60)66-21-12-14-24-70(66)114-6;3-2(4,5)1(6)7/h7-14,16-21,23-33,35,44,51-52,67-68,72,77H,15,22,34,36-43,45-50H2,1-6H3,(H7-,90,93,94,99,100,101,106,107,108,109,110,111,112);(H,6,7)/t68-,72+,77-;/m0./s1. The molecule has 1 fully saturated rings. The zero-order valence-corrected chi connectivity index (χ0v) is 71.6. The molecule has 10 aromatic rings. The third-order valence-corrected chi connectivity index (χ3v) is 22.8. The minimum Gasteiger partial charge on any atom is -0.542 e. The van der Waals surface area contributed by atoms with Crippen molar-refractivity contribution in [1.29, 1.82) is 0 Å². The van der Waals surface area contributed by atoms with Gasteiger partial charge in [0.1, 0.15) is 85.2 Å². The van der Waals surface area contributed by atoms with Gasteiger partial charge in [0, 0.05) is 84.9 Å².